The predicted molar refractivity (Wildman–Crippen MR) is 112 cm³/mol. The number of hydrogen-bond donors (Lipinski definition) is 2. The van der Waals surface area contributed by atoms with Crippen molar-refractivity contribution in [1.29, 1.82) is 0 Å². The van der Waals surface area contributed by atoms with Gasteiger partial charge in [0.1, 0.15) is 11.8 Å². The number of nitrogens with one attached hydrogen (secondary N) is 2. The summed E-state index contributed by atoms with van der Waals surface area (Å²) in [7, 11) is 0. The summed E-state index contributed by atoms with van der Waals surface area (Å²) in [5.41, 5.74) is 2.40. The molecule has 1 aliphatic rings. The van der Waals surface area contributed by atoms with E-state index in [0.29, 0.717) is 12.3 Å². The third-order valence-corrected chi connectivity index (χ3v) is 5.21. The summed E-state index contributed by atoms with van der Waals surface area (Å²) in [5, 5.41) is 5.47. The SMILES string of the molecule is CC1C(=O)N=C(CCNC(=O)C(C)(C)c2ccc(-c3ccccc3)cc2)NC1=O. The van der Waals surface area contributed by atoms with E-state index in [4.69, 9.17) is 0 Å². The van der Waals surface area contributed by atoms with E-state index in [1.165, 1.54) is 6.92 Å². The second-order valence-electron chi connectivity index (χ2n) is 7.68. The second kappa shape index (κ2) is 8.39. The molecule has 0 saturated carbocycles. The number of carbonyl (C=O) groups is 3. The van der Waals surface area contributed by atoms with Crippen molar-refractivity contribution in [2.75, 3.05) is 6.54 Å². The summed E-state index contributed by atoms with van der Waals surface area (Å²) in [5.74, 6) is -1.40. The normalized spacial score (nSPS) is 16.8. The van der Waals surface area contributed by atoms with Crippen LogP contribution in [0.4, 0.5) is 0 Å². The highest BCUT2D eigenvalue weighted by atomic mass is 16.2. The largest absolute Gasteiger partial charge is 0.355 e. The molecule has 1 heterocycles. The lowest BCUT2D eigenvalue weighted by Crippen LogP contribution is -2.45. The zero-order chi connectivity index (χ0) is 21.0. The number of aliphatic imine (C=N–C) groups is 1. The van der Waals surface area contributed by atoms with Gasteiger partial charge in [-0.1, -0.05) is 54.6 Å². The van der Waals surface area contributed by atoms with Gasteiger partial charge in [-0.2, -0.15) is 4.99 Å². The monoisotopic (exact) mass is 391 g/mol. The molecule has 150 valence electrons. The lowest BCUT2D eigenvalue weighted by Gasteiger charge is -2.25. The van der Waals surface area contributed by atoms with Gasteiger partial charge in [-0.25, -0.2) is 0 Å². The first-order chi connectivity index (χ1) is 13.8. The first-order valence-corrected chi connectivity index (χ1v) is 9.65. The molecular formula is C23H25N3O3. The molecule has 2 N–H and O–H groups in total. The molecule has 2 aromatic carbocycles. The van der Waals surface area contributed by atoms with Gasteiger partial charge in [-0.15, -0.1) is 0 Å². The second-order valence-corrected chi connectivity index (χ2v) is 7.68. The molecule has 0 bridgehead atoms. The topological polar surface area (TPSA) is 87.6 Å². The number of carbonyl (C=O) groups excluding carboxylic acids is 3. The molecule has 29 heavy (non-hydrogen) atoms. The Kier molecular flexibility index (Phi) is 5.92. The van der Waals surface area contributed by atoms with Gasteiger partial charge in [0.05, 0.1) is 5.41 Å². The third kappa shape index (κ3) is 4.59. The Morgan fingerprint density at radius 2 is 1.66 bits per heavy atom. The smallest absolute Gasteiger partial charge is 0.259 e. The minimum atomic E-state index is -0.758. The predicted octanol–water partition coefficient (Wildman–Crippen LogP) is 2.83. The summed E-state index contributed by atoms with van der Waals surface area (Å²) in [6.07, 6.45) is 0.291. The maximum Gasteiger partial charge on any atom is 0.259 e. The van der Waals surface area contributed by atoms with Gasteiger partial charge >= 0.3 is 0 Å². The molecule has 6 nitrogen and oxygen atoms in total. The summed E-state index contributed by atoms with van der Waals surface area (Å²) < 4.78 is 0. The van der Waals surface area contributed by atoms with Crippen LogP contribution in [0.15, 0.2) is 59.6 Å². The van der Waals surface area contributed by atoms with Crippen molar-refractivity contribution < 1.29 is 14.4 Å². The van der Waals surface area contributed by atoms with Gasteiger partial charge in [-0.05, 0) is 37.5 Å². The van der Waals surface area contributed by atoms with Crippen LogP contribution in [0.25, 0.3) is 11.1 Å². The fraction of sp³-hybridized carbons (Fsp3) is 0.304. The maximum absolute atomic E-state index is 12.7. The van der Waals surface area contributed by atoms with Crippen LogP contribution in [-0.4, -0.2) is 30.1 Å². The van der Waals surface area contributed by atoms with Crippen molar-refractivity contribution in [3.63, 3.8) is 0 Å². The van der Waals surface area contributed by atoms with Crippen molar-refractivity contribution in [3.05, 3.63) is 60.2 Å². The fourth-order valence-corrected chi connectivity index (χ4v) is 3.10. The molecule has 2 aromatic rings. The third-order valence-electron chi connectivity index (χ3n) is 5.21. The first-order valence-electron chi connectivity index (χ1n) is 9.65. The molecule has 0 fully saturated rings. The summed E-state index contributed by atoms with van der Waals surface area (Å²) in [6, 6.07) is 18.0. The Hall–Kier alpha value is -3.28. The Morgan fingerprint density at radius 1 is 1.03 bits per heavy atom. The number of amides is 3. The van der Waals surface area contributed by atoms with Crippen molar-refractivity contribution in [3.8, 4) is 11.1 Å². The minimum absolute atomic E-state index is 0.132. The van der Waals surface area contributed by atoms with Crippen molar-refractivity contribution >= 4 is 23.6 Å². The van der Waals surface area contributed by atoms with Crippen LogP contribution in [0, 0.1) is 5.92 Å². The van der Waals surface area contributed by atoms with Gasteiger partial charge in [-0.3, -0.25) is 14.4 Å². The summed E-state index contributed by atoms with van der Waals surface area (Å²) >= 11 is 0. The zero-order valence-electron chi connectivity index (χ0n) is 16.9. The van der Waals surface area contributed by atoms with Crippen LogP contribution in [0.1, 0.15) is 32.8 Å². The highest BCUT2D eigenvalue weighted by Gasteiger charge is 2.30. The Labute approximate surface area is 170 Å². The Bertz CT molecular complexity index is 947. The first kappa shape index (κ1) is 20.5. The van der Waals surface area contributed by atoms with Gasteiger partial charge < -0.3 is 10.6 Å². The van der Waals surface area contributed by atoms with E-state index in [9.17, 15) is 14.4 Å². The minimum Gasteiger partial charge on any atom is -0.355 e. The lowest BCUT2D eigenvalue weighted by atomic mass is 9.83. The number of hydrogen-bond acceptors (Lipinski definition) is 3. The van der Waals surface area contributed by atoms with E-state index in [1.54, 1.807) is 0 Å². The molecule has 3 rings (SSSR count). The molecule has 3 amide bonds. The zero-order valence-corrected chi connectivity index (χ0v) is 16.9. The number of rotatable bonds is 6. The molecule has 1 aliphatic heterocycles. The Balaban J connectivity index is 1.60. The van der Waals surface area contributed by atoms with Gasteiger partial charge in [0.25, 0.3) is 5.91 Å². The molecule has 1 unspecified atom stereocenters. The fourth-order valence-electron chi connectivity index (χ4n) is 3.10. The van der Waals surface area contributed by atoms with E-state index >= 15 is 0 Å². The van der Waals surface area contributed by atoms with Crippen LogP contribution < -0.4 is 10.6 Å². The lowest BCUT2D eigenvalue weighted by molar-refractivity contribution is -0.132. The number of nitrogens with zero attached hydrogens (tertiary/aromatic N) is 1. The molecule has 0 spiro atoms. The molecular weight excluding hydrogens is 366 g/mol. The quantitative estimate of drug-likeness (QED) is 0.742. The van der Waals surface area contributed by atoms with Crippen molar-refractivity contribution in [1.82, 2.24) is 10.6 Å². The van der Waals surface area contributed by atoms with Gasteiger partial charge in [0.15, 0.2) is 0 Å². The van der Waals surface area contributed by atoms with Gasteiger partial charge in [0.2, 0.25) is 11.8 Å². The average molecular weight is 391 g/mol. The van der Waals surface area contributed by atoms with Crippen LogP contribution in [-0.2, 0) is 19.8 Å². The van der Waals surface area contributed by atoms with Crippen molar-refractivity contribution in [2.45, 2.75) is 32.6 Å². The highest BCUT2D eigenvalue weighted by molar-refractivity contribution is 6.15. The van der Waals surface area contributed by atoms with E-state index in [2.05, 4.69) is 15.6 Å². The number of amidine groups is 1. The molecule has 1 atom stereocenters. The van der Waals surface area contributed by atoms with E-state index < -0.39 is 17.2 Å². The van der Waals surface area contributed by atoms with Gasteiger partial charge in [0, 0.05) is 13.0 Å². The van der Waals surface area contributed by atoms with Crippen LogP contribution in [0.3, 0.4) is 0 Å². The highest BCUT2D eigenvalue weighted by Crippen LogP contribution is 2.27. The number of benzene rings is 2. The molecule has 0 aromatic heterocycles. The molecule has 0 aliphatic carbocycles. The van der Waals surface area contributed by atoms with Crippen molar-refractivity contribution in [2.24, 2.45) is 10.9 Å². The molecule has 0 radical (unpaired) electrons. The van der Waals surface area contributed by atoms with Crippen LogP contribution in [0.5, 0.6) is 0 Å². The summed E-state index contributed by atoms with van der Waals surface area (Å²) in [4.78, 5) is 39.9. The molecule has 6 heteroatoms. The molecule has 0 saturated heterocycles. The van der Waals surface area contributed by atoms with Crippen LogP contribution in [0.2, 0.25) is 0 Å². The van der Waals surface area contributed by atoms with E-state index in [1.807, 2.05) is 68.4 Å². The maximum atomic E-state index is 12.7. The Morgan fingerprint density at radius 3 is 2.28 bits per heavy atom. The average Bonchev–Trinajstić information content (AvgIpc) is 2.72. The van der Waals surface area contributed by atoms with Crippen LogP contribution >= 0.6 is 0 Å². The van der Waals surface area contributed by atoms with E-state index in [-0.39, 0.29) is 18.4 Å². The van der Waals surface area contributed by atoms with E-state index in [0.717, 1.165) is 16.7 Å². The summed E-state index contributed by atoms with van der Waals surface area (Å²) in [6.45, 7) is 5.53. The standard InChI is InChI=1S/C23H25N3O3/c1-15-20(27)25-19(26-21(15)28)13-14-24-22(29)23(2,3)18-11-9-17(10-12-18)16-7-5-4-6-8-16/h4-12,15H,13-14H2,1-3H3,(H,24,29)(H,25,26,27,28).